The zero-order valence-electron chi connectivity index (χ0n) is 17.6. The van der Waals surface area contributed by atoms with Gasteiger partial charge in [-0.3, -0.25) is 14.4 Å². The van der Waals surface area contributed by atoms with Crippen molar-refractivity contribution >= 4 is 45.6 Å². The Labute approximate surface area is 189 Å². The first-order chi connectivity index (χ1) is 14.8. The van der Waals surface area contributed by atoms with E-state index >= 15 is 0 Å². The van der Waals surface area contributed by atoms with Gasteiger partial charge in [0.05, 0.1) is 6.21 Å². The number of hydrogen-bond donors (Lipinski definition) is 3. The fourth-order valence-electron chi connectivity index (χ4n) is 2.39. The van der Waals surface area contributed by atoms with Crippen molar-refractivity contribution in [3.05, 3.63) is 58.1 Å². The summed E-state index contributed by atoms with van der Waals surface area (Å²) in [6, 6.07) is 12.3. The van der Waals surface area contributed by atoms with E-state index in [1.807, 2.05) is 32.0 Å². The molecule has 0 heterocycles. The molecule has 3 N–H and O–H groups in total. The number of carbonyl (C=O) groups excluding carboxylic acids is 3. The van der Waals surface area contributed by atoms with Crippen LogP contribution in [0.4, 0.5) is 5.69 Å². The summed E-state index contributed by atoms with van der Waals surface area (Å²) in [5.74, 6) is -1.41. The van der Waals surface area contributed by atoms with Gasteiger partial charge in [0.15, 0.2) is 6.61 Å². The molecule has 0 aliphatic rings. The van der Waals surface area contributed by atoms with Crippen molar-refractivity contribution in [2.24, 2.45) is 5.10 Å². The number of nitrogens with one attached hydrogen (secondary N) is 3. The Morgan fingerprint density at radius 2 is 1.94 bits per heavy atom. The lowest BCUT2D eigenvalue weighted by Gasteiger charge is -2.10. The van der Waals surface area contributed by atoms with Gasteiger partial charge < -0.3 is 15.4 Å². The molecule has 8 nitrogen and oxygen atoms in total. The van der Waals surface area contributed by atoms with Crippen molar-refractivity contribution in [3.63, 3.8) is 0 Å². The summed E-state index contributed by atoms with van der Waals surface area (Å²) in [7, 11) is 0. The van der Waals surface area contributed by atoms with Gasteiger partial charge in [-0.25, -0.2) is 5.43 Å². The zero-order valence-corrected chi connectivity index (χ0v) is 19.2. The van der Waals surface area contributed by atoms with Crippen molar-refractivity contribution in [3.8, 4) is 5.75 Å². The van der Waals surface area contributed by atoms with Gasteiger partial charge in [0, 0.05) is 16.2 Å². The van der Waals surface area contributed by atoms with Crippen LogP contribution in [0.2, 0.25) is 0 Å². The Balaban J connectivity index is 1.85. The fourth-order valence-corrected chi connectivity index (χ4v) is 2.87. The van der Waals surface area contributed by atoms with Gasteiger partial charge >= 0.3 is 11.8 Å². The van der Waals surface area contributed by atoms with Crippen molar-refractivity contribution < 1.29 is 19.1 Å². The predicted molar refractivity (Wildman–Crippen MR) is 123 cm³/mol. The van der Waals surface area contributed by atoms with E-state index in [4.69, 9.17) is 4.74 Å². The lowest BCUT2D eigenvalue weighted by atomic mass is 10.2. The molecule has 2 rings (SSSR count). The number of nitrogens with zero attached hydrogens (tertiary/aromatic N) is 1. The molecule has 0 aromatic heterocycles. The summed E-state index contributed by atoms with van der Waals surface area (Å²) in [6.07, 6.45) is 2.10. The molecule has 0 radical (unpaired) electrons. The van der Waals surface area contributed by atoms with E-state index in [-0.39, 0.29) is 18.6 Å². The van der Waals surface area contributed by atoms with Gasteiger partial charge in [0.1, 0.15) is 5.75 Å². The van der Waals surface area contributed by atoms with Crippen LogP contribution in [0.1, 0.15) is 31.4 Å². The first kappa shape index (κ1) is 24.1. The smallest absolute Gasteiger partial charge is 0.329 e. The second kappa shape index (κ2) is 11.8. The topological polar surface area (TPSA) is 109 Å². The highest BCUT2D eigenvalue weighted by molar-refractivity contribution is 9.10. The maximum Gasteiger partial charge on any atom is 0.329 e. The second-order valence-electron chi connectivity index (χ2n) is 6.85. The van der Waals surface area contributed by atoms with Crippen molar-refractivity contribution in [1.82, 2.24) is 10.7 Å². The van der Waals surface area contributed by atoms with E-state index in [9.17, 15) is 14.4 Å². The van der Waals surface area contributed by atoms with E-state index in [1.165, 1.54) is 6.21 Å². The Kier molecular flexibility index (Phi) is 9.20. The van der Waals surface area contributed by atoms with Crippen LogP contribution in [-0.2, 0) is 14.4 Å². The number of rotatable bonds is 8. The number of ether oxygens (including phenoxy) is 1. The normalized spacial score (nSPS) is 11.6. The third-order valence-corrected chi connectivity index (χ3v) is 4.76. The van der Waals surface area contributed by atoms with E-state index in [1.54, 1.807) is 31.2 Å². The standard InChI is InChI=1S/C22H25BrN4O4/c1-4-15(3)25-21(29)22(30)27-24-12-16-6-5-7-18(11-16)31-13-20(28)26-19-9-8-17(23)10-14(19)2/h5-12,15H,4,13H2,1-3H3,(H,25,29)(H,26,28)(H,27,30)/b24-12-/t15-/m0/s1. The van der Waals surface area contributed by atoms with E-state index in [2.05, 4.69) is 37.1 Å². The second-order valence-corrected chi connectivity index (χ2v) is 7.77. The maximum atomic E-state index is 12.2. The number of benzene rings is 2. The number of hydrogen-bond acceptors (Lipinski definition) is 5. The molecule has 0 saturated carbocycles. The van der Waals surface area contributed by atoms with E-state index in [0.29, 0.717) is 17.0 Å². The van der Waals surface area contributed by atoms with Crippen LogP contribution >= 0.6 is 15.9 Å². The third-order valence-electron chi connectivity index (χ3n) is 4.27. The molecule has 2 aromatic rings. The predicted octanol–water partition coefficient (Wildman–Crippen LogP) is 3.14. The van der Waals surface area contributed by atoms with Gasteiger partial charge in [-0.1, -0.05) is 35.0 Å². The number of aryl methyl sites for hydroxylation is 1. The van der Waals surface area contributed by atoms with Crippen LogP contribution in [0.25, 0.3) is 0 Å². The number of amides is 3. The quantitative estimate of drug-likeness (QED) is 0.301. The molecule has 0 bridgehead atoms. The Hall–Kier alpha value is -3.20. The van der Waals surface area contributed by atoms with Gasteiger partial charge in [0.25, 0.3) is 5.91 Å². The minimum atomic E-state index is -0.844. The van der Waals surface area contributed by atoms with Crippen molar-refractivity contribution in [2.75, 3.05) is 11.9 Å². The van der Waals surface area contributed by atoms with Crippen molar-refractivity contribution in [2.45, 2.75) is 33.2 Å². The zero-order chi connectivity index (χ0) is 22.8. The summed E-state index contributed by atoms with van der Waals surface area (Å²) in [5.41, 5.74) is 4.45. The van der Waals surface area contributed by atoms with Crippen LogP contribution in [-0.4, -0.2) is 36.6 Å². The van der Waals surface area contributed by atoms with E-state index < -0.39 is 11.8 Å². The molecule has 0 spiro atoms. The van der Waals surface area contributed by atoms with Crippen LogP contribution in [0.5, 0.6) is 5.75 Å². The Bertz CT molecular complexity index is 978. The third kappa shape index (κ3) is 8.21. The summed E-state index contributed by atoms with van der Waals surface area (Å²) >= 11 is 3.38. The molecule has 3 amide bonds. The SMILES string of the molecule is CC[C@H](C)NC(=O)C(=O)N/N=C\c1cccc(OCC(=O)Nc2ccc(Br)cc2C)c1. The molecular weight excluding hydrogens is 464 g/mol. The monoisotopic (exact) mass is 488 g/mol. The lowest BCUT2D eigenvalue weighted by Crippen LogP contribution is -2.41. The molecular formula is C22H25BrN4O4. The highest BCUT2D eigenvalue weighted by Gasteiger charge is 2.14. The minimum absolute atomic E-state index is 0.0964. The van der Waals surface area contributed by atoms with Crippen LogP contribution in [0.15, 0.2) is 52.0 Å². The average Bonchev–Trinajstić information content (AvgIpc) is 2.74. The Morgan fingerprint density at radius 3 is 2.65 bits per heavy atom. The number of hydrazone groups is 1. The van der Waals surface area contributed by atoms with Crippen molar-refractivity contribution in [1.29, 1.82) is 0 Å². The molecule has 0 unspecified atom stereocenters. The average molecular weight is 489 g/mol. The first-order valence-electron chi connectivity index (χ1n) is 9.71. The van der Waals surface area contributed by atoms with Crippen LogP contribution in [0, 0.1) is 6.92 Å². The number of anilines is 1. The number of halogens is 1. The van der Waals surface area contributed by atoms with Gasteiger partial charge in [-0.2, -0.15) is 5.10 Å². The lowest BCUT2D eigenvalue weighted by molar-refractivity contribution is -0.139. The Morgan fingerprint density at radius 1 is 1.16 bits per heavy atom. The van der Waals surface area contributed by atoms with Gasteiger partial charge in [-0.05, 0) is 61.7 Å². The largest absolute Gasteiger partial charge is 0.484 e. The molecule has 1 atom stereocenters. The molecule has 0 fully saturated rings. The maximum absolute atomic E-state index is 12.2. The molecule has 0 saturated heterocycles. The summed E-state index contributed by atoms with van der Waals surface area (Å²) in [6.45, 7) is 5.45. The fraction of sp³-hybridized carbons (Fsp3) is 0.273. The van der Waals surface area contributed by atoms with E-state index in [0.717, 1.165) is 16.5 Å². The molecule has 2 aromatic carbocycles. The van der Waals surface area contributed by atoms with Crippen LogP contribution in [0.3, 0.4) is 0 Å². The minimum Gasteiger partial charge on any atom is -0.484 e. The highest BCUT2D eigenvalue weighted by atomic mass is 79.9. The summed E-state index contributed by atoms with van der Waals surface area (Å²) in [5, 5.41) is 9.13. The van der Waals surface area contributed by atoms with Crippen LogP contribution < -0.4 is 20.8 Å². The highest BCUT2D eigenvalue weighted by Crippen LogP contribution is 2.20. The molecule has 0 aliphatic heterocycles. The summed E-state index contributed by atoms with van der Waals surface area (Å²) in [4.78, 5) is 35.5. The molecule has 164 valence electrons. The molecule has 0 aliphatic carbocycles. The first-order valence-corrected chi connectivity index (χ1v) is 10.5. The molecule has 9 heteroatoms. The van der Waals surface area contributed by atoms with Gasteiger partial charge in [0.2, 0.25) is 0 Å². The van der Waals surface area contributed by atoms with Gasteiger partial charge in [-0.15, -0.1) is 0 Å². The number of carbonyl (C=O) groups is 3. The molecule has 31 heavy (non-hydrogen) atoms. The summed E-state index contributed by atoms with van der Waals surface area (Å²) < 4.78 is 6.47.